The standard InChI is InChI=1S/C18H16N2O4S2/c1-3-8-20-14-9-15-16(24-11-23-15)10-17(14)25-18(20)19-26(21,22)13-6-4-12(2)5-7-13/h3-7,9-10H,1,8,11H2,2H3. The number of ether oxygens (including phenoxy) is 2. The summed E-state index contributed by atoms with van der Waals surface area (Å²) in [5.41, 5.74) is 1.82. The number of fused-ring (bicyclic) bond motifs is 2. The van der Waals surface area contributed by atoms with E-state index in [2.05, 4.69) is 11.0 Å². The molecule has 8 heteroatoms. The topological polar surface area (TPSA) is 69.9 Å². The van der Waals surface area contributed by atoms with Gasteiger partial charge in [0.1, 0.15) is 0 Å². The molecule has 2 heterocycles. The number of sulfonamides is 1. The van der Waals surface area contributed by atoms with Gasteiger partial charge in [0.25, 0.3) is 10.0 Å². The van der Waals surface area contributed by atoms with Crippen LogP contribution >= 0.6 is 11.3 Å². The highest BCUT2D eigenvalue weighted by molar-refractivity contribution is 7.90. The molecule has 1 aliphatic rings. The third-order valence-electron chi connectivity index (χ3n) is 4.01. The predicted molar refractivity (Wildman–Crippen MR) is 100 cm³/mol. The number of aryl methyl sites for hydroxylation is 1. The Morgan fingerprint density at radius 2 is 1.92 bits per heavy atom. The molecule has 0 atom stereocenters. The SMILES string of the molecule is C=CCn1c(=NS(=O)(=O)c2ccc(C)cc2)sc2cc3c(cc21)OCO3. The first-order chi connectivity index (χ1) is 12.5. The maximum Gasteiger partial charge on any atom is 0.285 e. The second-order valence-electron chi connectivity index (χ2n) is 5.84. The van der Waals surface area contributed by atoms with Crippen LogP contribution in [0, 0.1) is 6.92 Å². The Hall–Kier alpha value is -2.58. The maximum atomic E-state index is 12.7. The molecular weight excluding hydrogens is 372 g/mol. The van der Waals surface area contributed by atoms with Crippen molar-refractivity contribution in [3.05, 3.63) is 59.4 Å². The highest BCUT2D eigenvalue weighted by Crippen LogP contribution is 2.37. The van der Waals surface area contributed by atoms with Crippen LogP contribution in [-0.4, -0.2) is 19.8 Å². The minimum Gasteiger partial charge on any atom is -0.454 e. The lowest BCUT2D eigenvalue weighted by molar-refractivity contribution is 0.174. The predicted octanol–water partition coefficient (Wildman–Crippen LogP) is 3.22. The summed E-state index contributed by atoms with van der Waals surface area (Å²) in [5.74, 6) is 1.29. The fraction of sp³-hybridized carbons (Fsp3) is 0.167. The largest absolute Gasteiger partial charge is 0.454 e. The molecule has 0 aliphatic carbocycles. The van der Waals surface area contributed by atoms with Gasteiger partial charge in [-0.15, -0.1) is 11.0 Å². The second kappa shape index (κ2) is 6.30. The third-order valence-corrected chi connectivity index (χ3v) is 6.44. The van der Waals surface area contributed by atoms with Crippen LogP contribution in [0.1, 0.15) is 5.56 Å². The normalized spacial score (nSPS) is 14.1. The first-order valence-electron chi connectivity index (χ1n) is 7.89. The first-order valence-corrected chi connectivity index (χ1v) is 10.2. The van der Waals surface area contributed by atoms with E-state index in [1.165, 1.54) is 11.3 Å². The van der Waals surface area contributed by atoms with Gasteiger partial charge >= 0.3 is 0 Å². The molecule has 0 spiro atoms. The Kier molecular flexibility index (Phi) is 4.08. The quantitative estimate of drug-likeness (QED) is 0.644. The minimum atomic E-state index is -3.81. The summed E-state index contributed by atoms with van der Waals surface area (Å²) in [6, 6.07) is 10.3. The van der Waals surface area contributed by atoms with Gasteiger partial charge in [0.15, 0.2) is 11.5 Å². The van der Waals surface area contributed by atoms with Gasteiger partial charge in [-0.25, -0.2) is 0 Å². The summed E-state index contributed by atoms with van der Waals surface area (Å²) in [5, 5.41) is 0. The summed E-state index contributed by atoms with van der Waals surface area (Å²) < 4.78 is 43.0. The van der Waals surface area contributed by atoms with Gasteiger partial charge in [-0.05, 0) is 19.1 Å². The zero-order valence-electron chi connectivity index (χ0n) is 14.0. The third kappa shape index (κ3) is 2.91. The van der Waals surface area contributed by atoms with Crippen molar-refractivity contribution in [2.75, 3.05) is 6.79 Å². The molecule has 134 valence electrons. The second-order valence-corrected chi connectivity index (χ2v) is 8.45. The number of thiazole rings is 1. The zero-order valence-corrected chi connectivity index (χ0v) is 15.6. The molecule has 4 rings (SSSR count). The van der Waals surface area contributed by atoms with Crippen LogP contribution in [0.4, 0.5) is 0 Å². The van der Waals surface area contributed by atoms with Crippen LogP contribution < -0.4 is 14.3 Å². The van der Waals surface area contributed by atoms with Gasteiger partial charge in [0.2, 0.25) is 11.6 Å². The van der Waals surface area contributed by atoms with E-state index in [0.29, 0.717) is 22.8 Å². The molecule has 0 saturated carbocycles. The van der Waals surface area contributed by atoms with Gasteiger partial charge in [-0.1, -0.05) is 35.1 Å². The van der Waals surface area contributed by atoms with E-state index in [0.717, 1.165) is 15.8 Å². The number of rotatable bonds is 4. The molecular formula is C18H16N2O4S2. The van der Waals surface area contributed by atoms with Crippen molar-refractivity contribution in [2.24, 2.45) is 4.40 Å². The molecule has 3 aromatic rings. The van der Waals surface area contributed by atoms with Gasteiger partial charge in [-0.2, -0.15) is 8.42 Å². The molecule has 0 amide bonds. The van der Waals surface area contributed by atoms with Gasteiger partial charge in [0.05, 0.1) is 15.1 Å². The van der Waals surface area contributed by atoms with Crippen molar-refractivity contribution in [2.45, 2.75) is 18.4 Å². The lowest BCUT2D eigenvalue weighted by Gasteiger charge is -2.03. The minimum absolute atomic E-state index is 0.167. The first kappa shape index (κ1) is 16.9. The van der Waals surface area contributed by atoms with Crippen LogP contribution in [0.15, 0.2) is 58.3 Å². The number of nitrogens with zero attached hydrogens (tertiary/aromatic N) is 2. The van der Waals surface area contributed by atoms with Crippen LogP contribution in [-0.2, 0) is 16.6 Å². The number of hydrogen-bond donors (Lipinski definition) is 0. The highest BCUT2D eigenvalue weighted by atomic mass is 32.2. The smallest absolute Gasteiger partial charge is 0.285 e. The zero-order chi connectivity index (χ0) is 18.3. The average molecular weight is 388 g/mol. The molecule has 0 bridgehead atoms. The fourth-order valence-electron chi connectivity index (χ4n) is 2.70. The molecule has 0 radical (unpaired) electrons. The summed E-state index contributed by atoms with van der Waals surface area (Å²) in [7, 11) is -3.81. The highest BCUT2D eigenvalue weighted by Gasteiger charge is 2.19. The van der Waals surface area contributed by atoms with Gasteiger partial charge in [0, 0.05) is 18.7 Å². The van der Waals surface area contributed by atoms with E-state index in [9.17, 15) is 8.42 Å². The van der Waals surface area contributed by atoms with E-state index in [1.807, 2.05) is 19.1 Å². The molecule has 2 aromatic carbocycles. The number of allylic oxidation sites excluding steroid dienone is 1. The molecule has 0 unspecified atom stereocenters. The Labute approximate surface area is 154 Å². The van der Waals surface area contributed by atoms with Crippen LogP contribution in [0.2, 0.25) is 0 Å². The van der Waals surface area contributed by atoms with Crippen molar-refractivity contribution in [3.8, 4) is 11.5 Å². The summed E-state index contributed by atoms with van der Waals surface area (Å²) in [4.78, 5) is 0.545. The molecule has 1 aromatic heterocycles. The Balaban J connectivity index is 1.92. The van der Waals surface area contributed by atoms with Crippen molar-refractivity contribution in [3.63, 3.8) is 0 Å². The van der Waals surface area contributed by atoms with Crippen molar-refractivity contribution >= 4 is 31.6 Å². The molecule has 0 fully saturated rings. The average Bonchev–Trinajstić information content (AvgIpc) is 3.18. The summed E-state index contributed by atoms with van der Waals surface area (Å²) in [6.45, 7) is 6.28. The van der Waals surface area contributed by atoms with Gasteiger partial charge < -0.3 is 14.0 Å². The van der Waals surface area contributed by atoms with E-state index < -0.39 is 10.0 Å². The van der Waals surface area contributed by atoms with E-state index in [4.69, 9.17) is 9.47 Å². The van der Waals surface area contributed by atoms with E-state index in [-0.39, 0.29) is 11.7 Å². The van der Waals surface area contributed by atoms with Gasteiger partial charge in [-0.3, -0.25) is 0 Å². The van der Waals surface area contributed by atoms with E-state index in [1.54, 1.807) is 34.9 Å². The molecule has 0 saturated heterocycles. The molecule has 0 N–H and O–H groups in total. The van der Waals surface area contributed by atoms with Crippen molar-refractivity contribution < 1.29 is 17.9 Å². The van der Waals surface area contributed by atoms with Crippen LogP contribution in [0.5, 0.6) is 11.5 Å². The van der Waals surface area contributed by atoms with Crippen LogP contribution in [0.25, 0.3) is 10.2 Å². The Morgan fingerprint density at radius 1 is 1.23 bits per heavy atom. The summed E-state index contributed by atoms with van der Waals surface area (Å²) >= 11 is 1.29. The Morgan fingerprint density at radius 3 is 2.62 bits per heavy atom. The fourth-order valence-corrected chi connectivity index (χ4v) is 4.95. The molecule has 6 nitrogen and oxygen atoms in total. The summed E-state index contributed by atoms with van der Waals surface area (Å²) in [6.07, 6.45) is 1.70. The lowest BCUT2D eigenvalue weighted by Crippen LogP contribution is -2.16. The van der Waals surface area contributed by atoms with Crippen LogP contribution in [0.3, 0.4) is 0 Å². The van der Waals surface area contributed by atoms with Crippen molar-refractivity contribution in [1.82, 2.24) is 4.57 Å². The Bertz CT molecular complexity index is 1170. The number of benzene rings is 2. The lowest BCUT2D eigenvalue weighted by atomic mass is 10.2. The maximum absolute atomic E-state index is 12.7. The molecule has 26 heavy (non-hydrogen) atoms. The molecule has 1 aliphatic heterocycles. The monoisotopic (exact) mass is 388 g/mol. The number of hydrogen-bond acceptors (Lipinski definition) is 5. The van der Waals surface area contributed by atoms with Crippen molar-refractivity contribution in [1.29, 1.82) is 0 Å². The number of aromatic nitrogens is 1. The van der Waals surface area contributed by atoms with E-state index >= 15 is 0 Å².